The minimum atomic E-state index is -0.161. The molecule has 0 fully saturated rings. The van der Waals surface area contributed by atoms with Crippen LogP contribution in [0.15, 0.2) is 46.9 Å². The molecular weight excluding hydrogens is 350 g/mol. The summed E-state index contributed by atoms with van der Waals surface area (Å²) in [7, 11) is 0. The average molecular weight is 365 g/mol. The van der Waals surface area contributed by atoms with Crippen molar-refractivity contribution in [2.24, 2.45) is 0 Å². The quantitative estimate of drug-likeness (QED) is 0.729. The predicted molar refractivity (Wildman–Crippen MR) is 92.7 cm³/mol. The molecule has 4 heteroatoms. The van der Waals surface area contributed by atoms with E-state index in [0.717, 1.165) is 26.9 Å². The van der Waals surface area contributed by atoms with E-state index < -0.39 is 0 Å². The van der Waals surface area contributed by atoms with Crippen LogP contribution in [0.25, 0.3) is 6.08 Å². The molecule has 1 amide bonds. The third-order valence-corrected chi connectivity index (χ3v) is 4.50. The third kappa shape index (κ3) is 4.45. The Morgan fingerprint density at radius 2 is 1.71 bits per heavy atom. The topological polar surface area (TPSA) is 29.1 Å². The van der Waals surface area contributed by atoms with Crippen LogP contribution in [0.1, 0.15) is 16.7 Å². The van der Waals surface area contributed by atoms with Crippen LogP contribution in [0.4, 0.5) is 5.69 Å². The van der Waals surface area contributed by atoms with Crippen LogP contribution in [0.5, 0.6) is 0 Å². The third-order valence-electron chi connectivity index (χ3n) is 3.00. The molecule has 0 aliphatic rings. The van der Waals surface area contributed by atoms with E-state index in [2.05, 4.69) is 21.2 Å². The van der Waals surface area contributed by atoms with Gasteiger partial charge in [-0.05, 0) is 60.9 Å². The average Bonchev–Trinajstić information content (AvgIpc) is 2.44. The molecule has 0 atom stereocenters. The van der Waals surface area contributed by atoms with E-state index in [1.165, 1.54) is 6.08 Å². The Labute approximate surface area is 138 Å². The molecule has 2 aromatic carbocycles. The van der Waals surface area contributed by atoms with Crippen molar-refractivity contribution >= 4 is 45.2 Å². The van der Waals surface area contributed by atoms with E-state index in [4.69, 9.17) is 11.6 Å². The fourth-order valence-corrected chi connectivity index (χ4v) is 2.30. The number of rotatable bonds is 3. The summed E-state index contributed by atoms with van der Waals surface area (Å²) in [4.78, 5) is 11.9. The van der Waals surface area contributed by atoms with Gasteiger partial charge in [0.25, 0.3) is 0 Å². The van der Waals surface area contributed by atoms with Crippen molar-refractivity contribution in [2.45, 2.75) is 13.8 Å². The summed E-state index contributed by atoms with van der Waals surface area (Å²) in [5, 5.41) is 3.54. The number of anilines is 1. The second-order valence-electron chi connectivity index (χ2n) is 4.80. The molecule has 1 N–H and O–H groups in total. The Morgan fingerprint density at radius 1 is 1.14 bits per heavy atom. The van der Waals surface area contributed by atoms with E-state index in [1.54, 1.807) is 18.2 Å². The molecule has 2 rings (SSSR count). The lowest BCUT2D eigenvalue weighted by Crippen LogP contribution is -2.08. The Morgan fingerprint density at radius 3 is 2.29 bits per heavy atom. The van der Waals surface area contributed by atoms with E-state index in [-0.39, 0.29) is 5.91 Å². The first-order valence-electron chi connectivity index (χ1n) is 6.47. The normalized spacial score (nSPS) is 10.9. The molecule has 2 aromatic rings. The van der Waals surface area contributed by atoms with Crippen LogP contribution in [0.3, 0.4) is 0 Å². The van der Waals surface area contributed by atoms with Gasteiger partial charge >= 0.3 is 0 Å². The van der Waals surface area contributed by atoms with Gasteiger partial charge in [-0.15, -0.1) is 0 Å². The zero-order valence-corrected chi connectivity index (χ0v) is 14.1. The molecule has 108 valence electrons. The number of hydrogen-bond acceptors (Lipinski definition) is 1. The second kappa shape index (κ2) is 6.92. The largest absolute Gasteiger partial charge is 0.322 e. The number of amides is 1. The Kier molecular flexibility index (Phi) is 5.21. The molecule has 21 heavy (non-hydrogen) atoms. The number of benzene rings is 2. The number of aryl methyl sites for hydroxylation is 2. The molecule has 2 nitrogen and oxygen atoms in total. The van der Waals surface area contributed by atoms with Gasteiger partial charge < -0.3 is 5.32 Å². The van der Waals surface area contributed by atoms with Crippen molar-refractivity contribution in [1.29, 1.82) is 0 Å². The number of carbonyl (C=O) groups is 1. The maximum absolute atomic E-state index is 11.9. The first-order valence-corrected chi connectivity index (χ1v) is 7.64. The van der Waals surface area contributed by atoms with Gasteiger partial charge in [0.05, 0.1) is 0 Å². The second-order valence-corrected chi connectivity index (χ2v) is 6.03. The standard InChI is InChI=1S/C17H15BrClNO/c1-11-9-15(10-12(2)17(11)18)20-16(21)8-5-13-3-6-14(19)7-4-13/h3-10H,1-2H3,(H,20,21)/b8-5+. The van der Waals surface area contributed by atoms with Gasteiger partial charge in [-0.25, -0.2) is 0 Å². The number of hydrogen-bond donors (Lipinski definition) is 1. The molecule has 0 saturated heterocycles. The summed E-state index contributed by atoms with van der Waals surface area (Å²) in [6, 6.07) is 11.2. The van der Waals surface area contributed by atoms with Gasteiger partial charge in [-0.3, -0.25) is 4.79 Å². The highest BCUT2D eigenvalue weighted by Crippen LogP contribution is 2.25. The van der Waals surface area contributed by atoms with Crippen LogP contribution < -0.4 is 5.32 Å². The zero-order chi connectivity index (χ0) is 15.4. The summed E-state index contributed by atoms with van der Waals surface area (Å²) in [6.07, 6.45) is 3.26. The van der Waals surface area contributed by atoms with Gasteiger partial charge in [0, 0.05) is 21.3 Å². The van der Waals surface area contributed by atoms with Gasteiger partial charge in [-0.1, -0.05) is 39.7 Å². The molecule has 0 unspecified atom stereocenters. The Balaban J connectivity index is 2.06. The van der Waals surface area contributed by atoms with E-state index in [1.807, 2.05) is 38.1 Å². The Hall–Kier alpha value is -1.58. The lowest BCUT2D eigenvalue weighted by molar-refractivity contribution is -0.111. The predicted octanol–water partition coefficient (Wildman–Crippen LogP) is 5.37. The molecule has 0 aliphatic heterocycles. The van der Waals surface area contributed by atoms with Crippen LogP contribution in [0.2, 0.25) is 5.02 Å². The van der Waals surface area contributed by atoms with Gasteiger partial charge in [0.2, 0.25) is 5.91 Å². The monoisotopic (exact) mass is 363 g/mol. The lowest BCUT2D eigenvalue weighted by atomic mass is 10.1. The first kappa shape index (κ1) is 15.8. The maximum Gasteiger partial charge on any atom is 0.248 e. The van der Waals surface area contributed by atoms with Crippen LogP contribution in [-0.2, 0) is 4.79 Å². The zero-order valence-electron chi connectivity index (χ0n) is 11.8. The summed E-state index contributed by atoms with van der Waals surface area (Å²) in [5.74, 6) is -0.161. The van der Waals surface area contributed by atoms with Crippen molar-refractivity contribution in [3.63, 3.8) is 0 Å². The molecule has 0 aliphatic carbocycles. The first-order chi connectivity index (χ1) is 9.95. The van der Waals surface area contributed by atoms with Crippen LogP contribution >= 0.6 is 27.5 Å². The minimum absolute atomic E-state index is 0.161. The highest BCUT2D eigenvalue weighted by molar-refractivity contribution is 9.10. The molecule has 0 spiro atoms. The summed E-state index contributed by atoms with van der Waals surface area (Å²) < 4.78 is 1.07. The van der Waals surface area contributed by atoms with Gasteiger partial charge in [0.1, 0.15) is 0 Å². The number of nitrogens with one attached hydrogen (secondary N) is 1. The SMILES string of the molecule is Cc1cc(NC(=O)/C=C/c2ccc(Cl)cc2)cc(C)c1Br. The van der Waals surface area contributed by atoms with Crippen molar-refractivity contribution in [2.75, 3.05) is 5.32 Å². The summed E-state index contributed by atoms with van der Waals surface area (Å²) >= 11 is 9.33. The van der Waals surface area contributed by atoms with Crippen molar-refractivity contribution in [3.05, 3.63) is 68.7 Å². The highest BCUT2D eigenvalue weighted by Gasteiger charge is 2.04. The maximum atomic E-state index is 11.9. The smallest absolute Gasteiger partial charge is 0.248 e. The minimum Gasteiger partial charge on any atom is -0.322 e. The molecule has 0 heterocycles. The summed E-state index contributed by atoms with van der Waals surface area (Å²) in [6.45, 7) is 3.99. The fraction of sp³-hybridized carbons (Fsp3) is 0.118. The molecule has 0 aromatic heterocycles. The van der Waals surface area contributed by atoms with Crippen LogP contribution in [0, 0.1) is 13.8 Å². The van der Waals surface area contributed by atoms with E-state index >= 15 is 0 Å². The van der Waals surface area contributed by atoms with Crippen LogP contribution in [-0.4, -0.2) is 5.91 Å². The fourth-order valence-electron chi connectivity index (χ4n) is 1.95. The van der Waals surface area contributed by atoms with E-state index in [0.29, 0.717) is 5.02 Å². The Bertz CT molecular complexity index is 669. The molecule has 0 bridgehead atoms. The number of carbonyl (C=O) groups excluding carboxylic acids is 1. The number of halogens is 2. The molecule has 0 saturated carbocycles. The molecular formula is C17H15BrClNO. The lowest BCUT2D eigenvalue weighted by Gasteiger charge is -2.08. The summed E-state index contributed by atoms with van der Waals surface area (Å²) in [5.41, 5.74) is 3.90. The van der Waals surface area contributed by atoms with E-state index in [9.17, 15) is 4.79 Å². The van der Waals surface area contributed by atoms with Gasteiger partial charge in [0.15, 0.2) is 0 Å². The molecule has 0 radical (unpaired) electrons. The van der Waals surface area contributed by atoms with Gasteiger partial charge in [-0.2, -0.15) is 0 Å². The highest BCUT2D eigenvalue weighted by atomic mass is 79.9. The van der Waals surface area contributed by atoms with Crippen molar-refractivity contribution in [1.82, 2.24) is 0 Å². The van der Waals surface area contributed by atoms with Crippen molar-refractivity contribution in [3.8, 4) is 0 Å². The van der Waals surface area contributed by atoms with Crippen molar-refractivity contribution < 1.29 is 4.79 Å².